The number of rotatable bonds is 2. The summed E-state index contributed by atoms with van der Waals surface area (Å²) in [6.45, 7) is -0.511. The van der Waals surface area contributed by atoms with Crippen molar-refractivity contribution in [3.05, 3.63) is 27.1 Å². The number of carbonyl (C=O) groups is 1. The molecular formula is C8H7Br2NO2. The van der Waals surface area contributed by atoms with E-state index in [0.717, 1.165) is 8.95 Å². The Balaban J connectivity index is 2.83. The highest BCUT2D eigenvalue weighted by Gasteiger charge is 2.03. The van der Waals surface area contributed by atoms with Crippen LogP contribution in [0.15, 0.2) is 27.1 Å². The van der Waals surface area contributed by atoms with Crippen LogP contribution in [0.2, 0.25) is 0 Å². The predicted molar refractivity (Wildman–Crippen MR) is 57.6 cm³/mol. The Hall–Kier alpha value is -0.390. The molecule has 70 valence electrons. The van der Waals surface area contributed by atoms with Gasteiger partial charge in [-0.05, 0) is 34.1 Å². The molecule has 0 aliphatic carbocycles. The van der Waals surface area contributed by atoms with Crippen molar-refractivity contribution >= 4 is 43.5 Å². The van der Waals surface area contributed by atoms with E-state index >= 15 is 0 Å². The smallest absolute Gasteiger partial charge is 0.250 e. The lowest BCUT2D eigenvalue weighted by Gasteiger charge is -2.05. The Kier molecular flexibility index (Phi) is 3.90. The van der Waals surface area contributed by atoms with Gasteiger partial charge in [-0.15, -0.1) is 0 Å². The average Bonchev–Trinajstić information content (AvgIpc) is 2.09. The number of carbonyl (C=O) groups excluding carboxylic acids is 1. The molecule has 0 bridgehead atoms. The number of halogens is 2. The Morgan fingerprint density at radius 3 is 2.69 bits per heavy atom. The highest BCUT2D eigenvalue weighted by atomic mass is 79.9. The summed E-state index contributed by atoms with van der Waals surface area (Å²) >= 11 is 6.57. The predicted octanol–water partition coefficient (Wildman–Crippen LogP) is 2.14. The van der Waals surface area contributed by atoms with Gasteiger partial charge in [0.2, 0.25) is 5.91 Å². The van der Waals surface area contributed by atoms with Crippen LogP contribution in [0, 0.1) is 0 Å². The normalized spacial score (nSPS) is 9.77. The zero-order valence-electron chi connectivity index (χ0n) is 6.55. The van der Waals surface area contributed by atoms with Crippen LogP contribution in [0.5, 0.6) is 0 Å². The summed E-state index contributed by atoms with van der Waals surface area (Å²) in [7, 11) is 0. The summed E-state index contributed by atoms with van der Waals surface area (Å²) in [5.74, 6) is -0.428. The summed E-state index contributed by atoms with van der Waals surface area (Å²) in [5, 5.41) is 11.0. The minimum atomic E-state index is -0.511. The Labute approximate surface area is 92.4 Å². The maximum absolute atomic E-state index is 10.8. The van der Waals surface area contributed by atoms with E-state index in [0.29, 0.717) is 5.69 Å². The first-order chi connectivity index (χ1) is 6.13. The summed E-state index contributed by atoms with van der Waals surface area (Å²) in [4.78, 5) is 10.8. The molecule has 0 saturated heterocycles. The van der Waals surface area contributed by atoms with Crippen molar-refractivity contribution < 1.29 is 9.90 Å². The van der Waals surface area contributed by atoms with Crippen molar-refractivity contribution in [2.45, 2.75) is 0 Å². The summed E-state index contributed by atoms with van der Waals surface area (Å²) in [6.07, 6.45) is 0. The molecule has 1 amide bonds. The van der Waals surface area contributed by atoms with Crippen LogP contribution in [0.1, 0.15) is 0 Å². The van der Waals surface area contributed by atoms with Gasteiger partial charge in [0.15, 0.2) is 0 Å². The minimum absolute atomic E-state index is 0.428. The van der Waals surface area contributed by atoms with Crippen molar-refractivity contribution in [2.75, 3.05) is 11.9 Å². The fourth-order valence-corrected chi connectivity index (χ4v) is 1.93. The number of nitrogens with one attached hydrogen (secondary N) is 1. The van der Waals surface area contributed by atoms with Crippen molar-refractivity contribution in [3.8, 4) is 0 Å². The second kappa shape index (κ2) is 4.74. The van der Waals surface area contributed by atoms with Crippen molar-refractivity contribution in [1.29, 1.82) is 0 Å². The number of benzene rings is 1. The molecule has 0 radical (unpaired) electrons. The fraction of sp³-hybridized carbons (Fsp3) is 0.125. The molecule has 1 aromatic rings. The van der Waals surface area contributed by atoms with Gasteiger partial charge in [0.1, 0.15) is 6.61 Å². The topological polar surface area (TPSA) is 49.3 Å². The van der Waals surface area contributed by atoms with Gasteiger partial charge in [0.25, 0.3) is 0 Å². The van der Waals surface area contributed by atoms with Gasteiger partial charge in [-0.3, -0.25) is 4.79 Å². The van der Waals surface area contributed by atoms with Crippen LogP contribution in [0.25, 0.3) is 0 Å². The molecular weight excluding hydrogens is 302 g/mol. The fourth-order valence-electron chi connectivity index (χ4n) is 0.781. The van der Waals surface area contributed by atoms with E-state index in [4.69, 9.17) is 5.11 Å². The van der Waals surface area contributed by atoms with E-state index in [2.05, 4.69) is 37.2 Å². The number of hydrogen-bond acceptors (Lipinski definition) is 2. The van der Waals surface area contributed by atoms with Crippen molar-refractivity contribution in [3.63, 3.8) is 0 Å². The first-order valence-corrected chi connectivity index (χ1v) is 5.08. The van der Waals surface area contributed by atoms with Crippen LogP contribution < -0.4 is 5.32 Å². The van der Waals surface area contributed by atoms with Gasteiger partial charge in [-0.2, -0.15) is 0 Å². The zero-order chi connectivity index (χ0) is 9.84. The van der Waals surface area contributed by atoms with E-state index < -0.39 is 12.5 Å². The van der Waals surface area contributed by atoms with Crippen LogP contribution in [0.3, 0.4) is 0 Å². The maximum atomic E-state index is 10.8. The van der Waals surface area contributed by atoms with Crippen LogP contribution in [-0.2, 0) is 4.79 Å². The van der Waals surface area contributed by atoms with Gasteiger partial charge in [0.05, 0.1) is 5.69 Å². The quantitative estimate of drug-likeness (QED) is 0.879. The van der Waals surface area contributed by atoms with Gasteiger partial charge >= 0.3 is 0 Å². The molecule has 1 aromatic carbocycles. The molecule has 0 aliphatic heterocycles. The number of aliphatic hydroxyl groups is 1. The third-order valence-corrected chi connectivity index (χ3v) is 2.50. The number of hydrogen-bond donors (Lipinski definition) is 2. The average molecular weight is 309 g/mol. The molecule has 1 rings (SSSR count). The van der Waals surface area contributed by atoms with E-state index in [9.17, 15) is 4.79 Å². The van der Waals surface area contributed by atoms with Gasteiger partial charge in [0, 0.05) is 8.95 Å². The molecule has 2 N–H and O–H groups in total. The van der Waals surface area contributed by atoms with Gasteiger partial charge < -0.3 is 10.4 Å². The molecule has 0 fully saturated rings. The minimum Gasteiger partial charge on any atom is -0.387 e. The third-order valence-electron chi connectivity index (χ3n) is 1.35. The van der Waals surface area contributed by atoms with Gasteiger partial charge in [-0.1, -0.05) is 15.9 Å². The number of aliphatic hydroxyl groups excluding tert-OH is 1. The lowest BCUT2D eigenvalue weighted by molar-refractivity contribution is -0.118. The van der Waals surface area contributed by atoms with Crippen LogP contribution >= 0.6 is 31.9 Å². The van der Waals surface area contributed by atoms with Crippen LogP contribution in [0.4, 0.5) is 5.69 Å². The number of amides is 1. The zero-order valence-corrected chi connectivity index (χ0v) is 9.72. The molecule has 0 aliphatic rings. The monoisotopic (exact) mass is 307 g/mol. The van der Waals surface area contributed by atoms with Gasteiger partial charge in [-0.25, -0.2) is 0 Å². The SMILES string of the molecule is O=C(CO)Nc1ccc(Br)cc1Br. The molecule has 0 heterocycles. The lowest BCUT2D eigenvalue weighted by Crippen LogP contribution is -2.15. The Morgan fingerprint density at radius 1 is 1.46 bits per heavy atom. The molecule has 0 unspecified atom stereocenters. The first-order valence-electron chi connectivity index (χ1n) is 3.49. The highest BCUT2D eigenvalue weighted by Crippen LogP contribution is 2.25. The molecule has 0 saturated carbocycles. The van der Waals surface area contributed by atoms with E-state index in [-0.39, 0.29) is 0 Å². The Bertz CT molecular complexity index is 328. The van der Waals surface area contributed by atoms with Crippen LogP contribution in [-0.4, -0.2) is 17.6 Å². The Morgan fingerprint density at radius 2 is 2.15 bits per heavy atom. The lowest BCUT2D eigenvalue weighted by atomic mass is 10.3. The maximum Gasteiger partial charge on any atom is 0.250 e. The van der Waals surface area contributed by atoms with Crippen molar-refractivity contribution in [2.24, 2.45) is 0 Å². The van der Waals surface area contributed by atoms with E-state index in [1.807, 2.05) is 6.07 Å². The molecule has 5 heteroatoms. The first kappa shape index (κ1) is 10.7. The third kappa shape index (κ3) is 3.10. The second-order valence-corrected chi connectivity index (χ2v) is 4.10. The molecule has 0 spiro atoms. The largest absolute Gasteiger partial charge is 0.387 e. The van der Waals surface area contributed by atoms with Crippen molar-refractivity contribution in [1.82, 2.24) is 0 Å². The number of anilines is 1. The summed E-state index contributed by atoms with van der Waals surface area (Å²) in [5.41, 5.74) is 0.641. The molecule has 13 heavy (non-hydrogen) atoms. The molecule has 3 nitrogen and oxygen atoms in total. The van der Waals surface area contributed by atoms with E-state index in [1.54, 1.807) is 12.1 Å². The summed E-state index contributed by atoms with van der Waals surface area (Å²) in [6, 6.07) is 5.35. The standard InChI is InChI=1S/C8H7Br2NO2/c9-5-1-2-7(6(10)3-5)11-8(13)4-12/h1-3,12H,4H2,(H,11,13). The highest BCUT2D eigenvalue weighted by molar-refractivity contribution is 9.11. The summed E-state index contributed by atoms with van der Waals surface area (Å²) < 4.78 is 1.69. The molecule has 0 aromatic heterocycles. The van der Waals surface area contributed by atoms with E-state index in [1.165, 1.54) is 0 Å². The molecule has 0 atom stereocenters. The second-order valence-electron chi connectivity index (χ2n) is 2.33.